The fraction of sp³-hybridized carbons (Fsp3) is 0.550. The Hall–Kier alpha value is -2.57. The van der Waals surface area contributed by atoms with Crippen LogP contribution in [-0.4, -0.2) is 47.1 Å². The largest absolute Gasteiger partial charge is 0.494 e. The van der Waals surface area contributed by atoms with Gasteiger partial charge in [0.1, 0.15) is 11.8 Å². The van der Waals surface area contributed by atoms with Gasteiger partial charge >= 0.3 is 12.0 Å². The van der Waals surface area contributed by atoms with E-state index >= 15 is 0 Å². The number of amides is 3. The first-order chi connectivity index (χ1) is 13.1. The van der Waals surface area contributed by atoms with Crippen molar-refractivity contribution in [2.45, 2.75) is 57.4 Å². The van der Waals surface area contributed by atoms with Crippen LogP contribution in [0, 0.1) is 0 Å². The van der Waals surface area contributed by atoms with Crippen LogP contribution in [0.5, 0.6) is 5.75 Å². The highest BCUT2D eigenvalue weighted by Gasteiger charge is 2.37. The lowest BCUT2D eigenvalue weighted by Crippen LogP contribution is -2.36. The molecule has 0 saturated carbocycles. The van der Waals surface area contributed by atoms with Crippen molar-refractivity contribution in [2.75, 3.05) is 13.2 Å². The normalized spacial score (nSPS) is 16.4. The Kier molecular flexibility index (Phi) is 8.61. The van der Waals surface area contributed by atoms with E-state index in [1.807, 2.05) is 30.3 Å². The molecule has 1 atom stereocenters. The number of nitrogens with zero attached hydrogens (tertiary/aromatic N) is 1. The molecule has 1 fully saturated rings. The topological polar surface area (TPSA) is 95.9 Å². The Labute approximate surface area is 159 Å². The average molecular weight is 376 g/mol. The van der Waals surface area contributed by atoms with Gasteiger partial charge in [-0.25, -0.2) is 4.79 Å². The molecule has 2 N–H and O–H groups in total. The van der Waals surface area contributed by atoms with Crippen LogP contribution in [0.2, 0.25) is 0 Å². The Morgan fingerprint density at radius 3 is 2.52 bits per heavy atom. The minimum atomic E-state index is -0.779. The Morgan fingerprint density at radius 1 is 1.04 bits per heavy atom. The molecule has 0 spiro atoms. The number of para-hydroxylation sites is 1. The number of carboxylic acids is 1. The van der Waals surface area contributed by atoms with E-state index in [0.29, 0.717) is 26.0 Å². The lowest BCUT2D eigenvalue weighted by atomic mass is 10.1. The van der Waals surface area contributed by atoms with Crippen molar-refractivity contribution >= 4 is 17.9 Å². The molecule has 1 heterocycles. The predicted octanol–water partition coefficient (Wildman–Crippen LogP) is 3.19. The zero-order valence-corrected chi connectivity index (χ0v) is 15.6. The number of hydrogen-bond acceptors (Lipinski definition) is 4. The van der Waals surface area contributed by atoms with E-state index in [1.54, 1.807) is 4.90 Å². The van der Waals surface area contributed by atoms with E-state index in [9.17, 15) is 14.4 Å². The van der Waals surface area contributed by atoms with Crippen molar-refractivity contribution in [3.8, 4) is 5.75 Å². The number of benzene rings is 1. The van der Waals surface area contributed by atoms with E-state index < -0.39 is 12.0 Å². The maximum atomic E-state index is 12.0. The lowest BCUT2D eigenvalue weighted by Gasteiger charge is -2.21. The minimum absolute atomic E-state index is 0.180. The summed E-state index contributed by atoms with van der Waals surface area (Å²) in [5, 5.41) is 11.0. The van der Waals surface area contributed by atoms with Crippen LogP contribution in [0.4, 0.5) is 4.79 Å². The fourth-order valence-corrected chi connectivity index (χ4v) is 3.15. The quantitative estimate of drug-likeness (QED) is 0.407. The summed E-state index contributed by atoms with van der Waals surface area (Å²) in [6.07, 6.45) is 5.51. The van der Waals surface area contributed by atoms with Gasteiger partial charge < -0.3 is 14.7 Å². The van der Waals surface area contributed by atoms with Gasteiger partial charge in [-0.15, -0.1) is 0 Å². The molecule has 3 amide bonds. The van der Waals surface area contributed by atoms with Crippen LogP contribution in [-0.2, 0) is 9.59 Å². The molecule has 0 bridgehead atoms. The molecule has 0 aromatic heterocycles. The van der Waals surface area contributed by atoms with Crippen molar-refractivity contribution in [1.82, 2.24) is 10.2 Å². The van der Waals surface area contributed by atoms with Gasteiger partial charge in [-0.05, 0) is 37.8 Å². The van der Waals surface area contributed by atoms with Gasteiger partial charge in [0, 0.05) is 13.0 Å². The second-order valence-corrected chi connectivity index (χ2v) is 6.72. The molecule has 1 aliphatic rings. The van der Waals surface area contributed by atoms with Crippen molar-refractivity contribution in [3.05, 3.63) is 30.3 Å². The Bertz CT molecular complexity index is 620. The lowest BCUT2D eigenvalue weighted by molar-refractivity contribution is -0.137. The van der Waals surface area contributed by atoms with Gasteiger partial charge in [0.05, 0.1) is 6.61 Å². The van der Waals surface area contributed by atoms with E-state index in [-0.39, 0.29) is 18.4 Å². The number of hydrogen-bond donors (Lipinski definition) is 2. The third kappa shape index (κ3) is 7.29. The van der Waals surface area contributed by atoms with Gasteiger partial charge in [0.25, 0.3) is 5.91 Å². The number of imide groups is 1. The molecular formula is C20H28N2O5. The van der Waals surface area contributed by atoms with E-state index in [0.717, 1.165) is 37.9 Å². The summed E-state index contributed by atoms with van der Waals surface area (Å²) in [5.41, 5.74) is 0. The highest BCUT2D eigenvalue weighted by Crippen LogP contribution is 2.18. The second-order valence-electron chi connectivity index (χ2n) is 6.72. The summed E-state index contributed by atoms with van der Waals surface area (Å²) in [6, 6.07) is 8.84. The first-order valence-electron chi connectivity index (χ1n) is 9.59. The van der Waals surface area contributed by atoms with Gasteiger partial charge in [-0.2, -0.15) is 0 Å². The molecule has 1 aromatic carbocycles. The van der Waals surface area contributed by atoms with Crippen LogP contribution in [0.15, 0.2) is 30.3 Å². The first-order valence-corrected chi connectivity index (χ1v) is 9.59. The molecule has 1 unspecified atom stereocenters. The monoisotopic (exact) mass is 376 g/mol. The average Bonchev–Trinajstić information content (AvgIpc) is 2.91. The van der Waals surface area contributed by atoms with Crippen LogP contribution in [0.25, 0.3) is 0 Å². The van der Waals surface area contributed by atoms with Crippen molar-refractivity contribution in [1.29, 1.82) is 0 Å². The number of carbonyl (C=O) groups excluding carboxylic acids is 2. The summed E-state index contributed by atoms with van der Waals surface area (Å²) < 4.78 is 5.64. The maximum Gasteiger partial charge on any atom is 0.324 e. The molecule has 2 rings (SSSR count). The van der Waals surface area contributed by atoms with Crippen LogP contribution < -0.4 is 10.1 Å². The van der Waals surface area contributed by atoms with Gasteiger partial charge in [-0.1, -0.05) is 37.5 Å². The molecule has 1 aliphatic heterocycles. The zero-order chi connectivity index (χ0) is 19.5. The number of aliphatic carboxylic acids is 1. The number of rotatable bonds is 13. The molecule has 1 saturated heterocycles. The van der Waals surface area contributed by atoms with E-state index in [2.05, 4.69) is 5.32 Å². The molecule has 0 radical (unpaired) electrons. The van der Waals surface area contributed by atoms with Crippen LogP contribution in [0.1, 0.15) is 51.4 Å². The number of nitrogens with one attached hydrogen (secondary N) is 1. The third-order valence-electron chi connectivity index (χ3n) is 4.59. The number of ether oxygens (including phenoxy) is 1. The first kappa shape index (κ1) is 20.7. The molecule has 7 nitrogen and oxygen atoms in total. The highest BCUT2D eigenvalue weighted by molar-refractivity contribution is 6.04. The van der Waals surface area contributed by atoms with Crippen molar-refractivity contribution in [3.63, 3.8) is 0 Å². The van der Waals surface area contributed by atoms with Crippen LogP contribution in [0.3, 0.4) is 0 Å². The standard InChI is InChI=1S/C20H28N2O5/c23-18(24)13-7-2-1-6-12-17-19(25)21-20(26)22(17)14-8-9-15-27-16-10-4-3-5-11-16/h3-5,10-11,17H,1-2,6-9,12-15H2,(H,23,24)(H,21,25,26). The summed E-state index contributed by atoms with van der Waals surface area (Å²) in [7, 11) is 0. The molecule has 148 valence electrons. The van der Waals surface area contributed by atoms with E-state index in [1.165, 1.54) is 0 Å². The maximum absolute atomic E-state index is 12.0. The van der Waals surface area contributed by atoms with Gasteiger partial charge in [0.15, 0.2) is 0 Å². The minimum Gasteiger partial charge on any atom is -0.494 e. The number of urea groups is 1. The Morgan fingerprint density at radius 2 is 1.78 bits per heavy atom. The predicted molar refractivity (Wildman–Crippen MR) is 101 cm³/mol. The van der Waals surface area contributed by atoms with Gasteiger partial charge in [0.2, 0.25) is 0 Å². The molecule has 0 aliphatic carbocycles. The summed E-state index contributed by atoms with van der Waals surface area (Å²) in [5.74, 6) is -0.184. The SMILES string of the molecule is O=C(O)CCCCCCC1C(=O)NC(=O)N1CCCCOc1ccccc1. The highest BCUT2D eigenvalue weighted by atomic mass is 16.5. The Balaban J connectivity index is 1.64. The number of unbranched alkanes of at least 4 members (excludes halogenated alkanes) is 4. The zero-order valence-electron chi connectivity index (χ0n) is 15.6. The molecule has 7 heteroatoms. The summed E-state index contributed by atoms with van der Waals surface area (Å²) in [4.78, 5) is 36.1. The number of carbonyl (C=O) groups is 3. The van der Waals surface area contributed by atoms with Crippen LogP contribution >= 0.6 is 0 Å². The summed E-state index contributed by atoms with van der Waals surface area (Å²) >= 11 is 0. The smallest absolute Gasteiger partial charge is 0.324 e. The fourth-order valence-electron chi connectivity index (χ4n) is 3.15. The molecule has 1 aromatic rings. The second kappa shape index (κ2) is 11.2. The summed E-state index contributed by atoms with van der Waals surface area (Å²) in [6.45, 7) is 1.10. The van der Waals surface area contributed by atoms with E-state index in [4.69, 9.17) is 9.84 Å². The third-order valence-corrected chi connectivity index (χ3v) is 4.59. The number of carboxylic acid groups (broad SMARTS) is 1. The van der Waals surface area contributed by atoms with Crippen molar-refractivity contribution in [2.24, 2.45) is 0 Å². The molecule has 27 heavy (non-hydrogen) atoms. The molecular weight excluding hydrogens is 348 g/mol. The van der Waals surface area contributed by atoms with Gasteiger partial charge in [-0.3, -0.25) is 14.9 Å². The van der Waals surface area contributed by atoms with Crippen molar-refractivity contribution < 1.29 is 24.2 Å².